The van der Waals surface area contributed by atoms with Gasteiger partial charge in [-0.3, -0.25) is 0 Å². The molecule has 0 radical (unpaired) electrons. The van der Waals surface area contributed by atoms with Crippen LogP contribution in [0.4, 0.5) is 4.79 Å². The van der Waals surface area contributed by atoms with Gasteiger partial charge in [-0.1, -0.05) is 33.1 Å². The summed E-state index contributed by atoms with van der Waals surface area (Å²) in [5, 5.41) is 3.29. The van der Waals surface area contributed by atoms with Gasteiger partial charge < -0.3 is 10.2 Å². The number of nitrogens with one attached hydrogen (secondary N) is 1. The van der Waals surface area contributed by atoms with Gasteiger partial charge in [0.2, 0.25) is 0 Å². The van der Waals surface area contributed by atoms with Crippen LogP contribution in [0.3, 0.4) is 0 Å². The van der Waals surface area contributed by atoms with E-state index >= 15 is 0 Å². The van der Waals surface area contributed by atoms with Crippen molar-refractivity contribution in [2.45, 2.75) is 64.8 Å². The first kappa shape index (κ1) is 13.7. The molecule has 0 spiro atoms. The SMILES string of the molecule is CC1CCCN(C(=O)NC2CCCCCC2C)C1. The molecule has 104 valence electrons. The third-order valence-electron chi connectivity index (χ3n) is 4.61. The topological polar surface area (TPSA) is 32.3 Å². The highest BCUT2D eigenvalue weighted by molar-refractivity contribution is 5.74. The average Bonchev–Trinajstić information content (AvgIpc) is 2.55. The van der Waals surface area contributed by atoms with E-state index in [1.165, 1.54) is 32.1 Å². The summed E-state index contributed by atoms with van der Waals surface area (Å²) >= 11 is 0. The van der Waals surface area contributed by atoms with Crippen LogP contribution in [0.1, 0.15) is 58.8 Å². The van der Waals surface area contributed by atoms with Crippen molar-refractivity contribution in [1.29, 1.82) is 0 Å². The number of rotatable bonds is 1. The first-order chi connectivity index (χ1) is 8.66. The molecule has 1 N–H and O–H groups in total. The first-order valence-corrected chi connectivity index (χ1v) is 7.72. The maximum absolute atomic E-state index is 12.3. The van der Waals surface area contributed by atoms with Crippen LogP contribution in [0.15, 0.2) is 0 Å². The summed E-state index contributed by atoms with van der Waals surface area (Å²) in [6, 6.07) is 0.581. The average molecular weight is 252 g/mol. The van der Waals surface area contributed by atoms with E-state index in [1.807, 2.05) is 4.90 Å². The van der Waals surface area contributed by atoms with Gasteiger partial charge in [-0.25, -0.2) is 4.79 Å². The predicted octanol–water partition coefficient (Wildman–Crippen LogP) is 3.40. The van der Waals surface area contributed by atoms with Crippen molar-refractivity contribution in [2.75, 3.05) is 13.1 Å². The van der Waals surface area contributed by atoms with E-state index in [4.69, 9.17) is 0 Å². The molecule has 3 atom stereocenters. The standard InChI is InChI=1S/C15H28N2O/c1-12-7-6-10-17(11-12)15(18)16-14-9-5-3-4-8-13(14)2/h12-14H,3-11H2,1-2H3,(H,16,18). The molecular formula is C15H28N2O. The molecule has 0 aromatic rings. The molecule has 1 aliphatic heterocycles. The fourth-order valence-electron chi connectivity index (χ4n) is 3.33. The Bertz CT molecular complexity index is 280. The number of likely N-dealkylation sites (tertiary alicyclic amines) is 1. The van der Waals surface area contributed by atoms with Crippen LogP contribution in [0.5, 0.6) is 0 Å². The highest BCUT2D eigenvalue weighted by Gasteiger charge is 2.26. The summed E-state index contributed by atoms with van der Waals surface area (Å²) in [5.41, 5.74) is 0. The molecule has 1 saturated heterocycles. The number of nitrogens with zero attached hydrogens (tertiary/aromatic N) is 1. The summed E-state index contributed by atoms with van der Waals surface area (Å²) < 4.78 is 0. The van der Waals surface area contributed by atoms with Gasteiger partial charge >= 0.3 is 6.03 Å². The minimum atomic E-state index is 0.181. The van der Waals surface area contributed by atoms with Gasteiger partial charge in [0.1, 0.15) is 0 Å². The summed E-state index contributed by atoms with van der Waals surface area (Å²) in [7, 11) is 0. The molecule has 1 aliphatic carbocycles. The van der Waals surface area contributed by atoms with Crippen molar-refractivity contribution < 1.29 is 4.79 Å². The lowest BCUT2D eigenvalue weighted by molar-refractivity contribution is 0.162. The van der Waals surface area contributed by atoms with Crippen LogP contribution < -0.4 is 5.32 Å². The Morgan fingerprint density at radius 3 is 2.61 bits per heavy atom. The Balaban J connectivity index is 1.85. The van der Waals surface area contributed by atoms with Crippen LogP contribution in [-0.2, 0) is 0 Å². The zero-order valence-corrected chi connectivity index (χ0v) is 12.0. The number of hydrogen-bond acceptors (Lipinski definition) is 1. The Kier molecular flexibility index (Phi) is 4.90. The van der Waals surface area contributed by atoms with Crippen molar-refractivity contribution in [3.8, 4) is 0 Å². The van der Waals surface area contributed by atoms with Gasteiger partial charge in [-0.15, -0.1) is 0 Å². The molecule has 2 amide bonds. The highest BCUT2D eigenvalue weighted by Crippen LogP contribution is 2.23. The van der Waals surface area contributed by atoms with E-state index in [1.54, 1.807) is 0 Å². The van der Waals surface area contributed by atoms with Crippen molar-refractivity contribution >= 4 is 6.03 Å². The number of amides is 2. The molecule has 0 aromatic heterocycles. The molecule has 0 bridgehead atoms. The molecule has 3 unspecified atom stereocenters. The number of hydrogen-bond donors (Lipinski definition) is 1. The minimum Gasteiger partial charge on any atom is -0.335 e. The Morgan fingerprint density at radius 2 is 1.83 bits per heavy atom. The number of piperidine rings is 1. The number of carbonyl (C=O) groups is 1. The fraction of sp³-hybridized carbons (Fsp3) is 0.933. The second-order valence-corrected chi connectivity index (χ2v) is 6.36. The van der Waals surface area contributed by atoms with Crippen molar-refractivity contribution in [3.05, 3.63) is 0 Å². The molecular weight excluding hydrogens is 224 g/mol. The highest BCUT2D eigenvalue weighted by atomic mass is 16.2. The van der Waals surface area contributed by atoms with E-state index in [9.17, 15) is 4.79 Å². The molecule has 3 nitrogen and oxygen atoms in total. The summed E-state index contributed by atoms with van der Waals surface area (Å²) in [6.45, 7) is 6.41. The number of carbonyl (C=O) groups excluding carboxylic acids is 1. The van der Waals surface area contributed by atoms with Crippen LogP contribution in [0.2, 0.25) is 0 Å². The largest absolute Gasteiger partial charge is 0.335 e. The predicted molar refractivity (Wildman–Crippen MR) is 74.5 cm³/mol. The third kappa shape index (κ3) is 3.63. The second kappa shape index (κ2) is 6.44. The quantitative estimate of drug-likeness (QED) is 0.713. The van der Waals surface area contributed by atoms with Crippen molar-refractivity contribution in [3.63, 3.8) is 0 Å². The van der Waals surface area contributed by atoms with Crippen molar-refractivity contribution in [2.24, 2.45) is 11.8 Å². The lowest BCUT2D eigenvalue weighted by Gasteiger charge is -2.33. The monoisotopic (exact) mass is 252 g/mol. The van der Waals surface area contributed by atoms with Gasteiger partial charge in [0, 0.05) is 19.1 Å². The van der Waals surface area contributed by atoms with Crippen LogP contribution >= 0.6 is 0 Å². The van der Waals surface area contributed by atoms with Gasteiger partial charge in [0.05, 0.1) is 0 Å². The summed E-state index contributed by atoms with van der Waals surface area (Å²) in [5.74, 6) is 1.30. The summed E-state index contributed by atoms with van der Waals surface area (Å²) in [4.78, 5) is 14.3. The summed E-state index contributed by atoms with van der Waals surface area (Å²) in [6.07, 6.45) is 8.79. The van der Waals surface area contributed by atoms with E-state index in [2.05, 4.69) is 19.2 Å². The zero-order valence-electron chi connectivity index (χ0n) is 12.0. The molecule has 1 heterocycles. The molecule has 2 aliphatic rings. The minimum absolute atomic E-state index is 0.181. The van der Waals surface area contributed by atoms with E-state index < -0.39 is 0 Å². The number of urea groups is 1. The smallest absolute Gasteiger partial charge is 0.317 e. The molecule has 1 saturated carbocycles. The molecule has 2 fully saturated rings. The maximum atomic E-state index is 12.3. The molecule has 18 heavy (non-hydrogen) atoms. The Hall–Kier alpha value is -0.730. The second-order valence-electron chi connectivity index (χ2n) is 6.36. The van der Waals surface area contributed by atoms with Crippen LogP contribution in [-0.4, -0.2) is 30.1 Å². The molecule has 0 aromatic carbocycles. The van der Waals surface area contributed by atoms with Gasteiger partial charge in [0.15, 0.2) is 0 Å². The lowest BCUT2D eigenvalue weighted by atomic mass is 9.97. The Labute approximate surface area is 111 Å². The van der Waals surface area contributed by atoms with E-state index in [-0.39, 0.29) is 6.03 Å². The molecule has 3 heteroatoms. The van der Waals surface area contributed by atoms with Crippen LogP contribution in [0, 0.1) is 11.8 Å². The van der Waals surface area contributed by atoms with Gasteiger partial charge in [-0.2, -0.15) is 0 Å². The first-order valence-electron chi connectivity index (χ1n) is 7.72. The zero-order chi connectivity index (χ0) is 13.0. The fourth-order valence-corrected chi connectivity index (χ4v) is 3.33. The maximum Gasteiger partial charge on any atom is 0.317 e. The normalized spacial score (nSPS) is 33.9. The van der Waals surface area contributed by atoms with Gasteiger partial charge in [-0.05, 0) is 37.5 Å². The van der Waals surface area contributed by atoms with E-state index in [0.717, 1.165) is 25.9 Å². The van der Waals surface area contributed by atoms with E-state index in [0.29, 0.717) is 17.9 Å². The molecule has 2 rings (SSSR count). The van der Waals surface area contributed by atoms with Crippen LogP contribution in [0.25, 0.3) is 0 Å². The Morgan fingerprint density at radius 1 is 1.06 bits per heavy atom. The van der Waals surface area contributed by atoms with Gasteiger partial charge in [0.25, 0.3) is 0 Å². The third-order valence-corrected chi connectivity index (χ3v) is 4.61. The lowest BCUT2D eigenvalue weighted by Crippen LogP contribution is -2.49. The van der Waals surface area contributed by atoms with Crippen molar-refractivity contribution in [1.82, 2.24) is 10.2 Å².